The molecule has 22 heavy (non-hydrogen) atoms. The number of nitriles is 1. The first kappa shape index (κ1) is 14.5. The number of rotatable bonds is 5. The lowest BCUT2D eigenvalue weighted by Crippen LogP contribution is -2.00. The molecule has 0 fully saturated rings. The van der Waals surface area contributed by atoms with Gasteiger partial charge in [0.1, 0.15) is 5.75 Å². The van der Waals surface area contributed by atoms with Crippen LogP contribution < -0.4 is 4.74 Å². The first-order valence-electron chi connectivity index (χ1n) is 6.97. The number of hydrogen-bond acceptors (Lipinski definition) is 4. The molecule has 5 heteroatoms. The van der Waals surface area contributed by atoms with E-state index >= 15 is 0 Å². The van der Waals surface area contributed by atoms with Gasteiger partial charge in [0.05, 0.1) is 29.3 Å². The summed E-state index contributed by atoms with van der Waals surface area (Å²) in [4.78, 5) is 7.85. The van der Waals surface area contributed by atoms with Crippen LogP contribution >= 0.6 is 11.8 Å². The van der Waals surface area contributed by atoms with Crippen LogP contribution in [-0.4, -0.2) is 22.3 Å². The number of aromatic nitrogens is 2. The molecule has 0 saturated heterocycles. The molecule has 0 aliphatic heterocycles. The highest BCUT2D eigenvalue weighted by Gasteiger charge is 2.03. The number of benzene rings is 2. The van der Waals surface area contributed by atoms with Crippen LogP contribution in [0.4, 0.5) is 0 Å². The highest BCUT2D eigenvalue weighted by atomic mass is 32.2. The van der Waals surface area contributed by atoms with Gasteiger partial charge in [-0.25, -0.2) is 4.98 Å². The van der Waals surface area contributed by atoms with Gasteiger partial charge in [-0.05, 0) is 48.9 Å². The van der Waals surface area contributed by atoms with E-state index in [0.717, 1.165) is 27.7 Å². The monoisotopic (exact) mass is 309 g/mol. The van der Waals surface area contributed by atoms with E-state index in [-0.39, 0.29) is 0 Å². The van der Waals surface area contributed by atoms with Crippen molar-refractivity contribution in [3.63, 3.8) is 0 Å². The van der Waals surface area contributed by atoms with Crippen LogP contribution in [0.5, 0.6) is 5.75 Å². The zero-order chi connectivity index (χ0) is 15.4. The summed E-state index contributed by atoms with van der Waals surface area (Å²) in [5.74, 6) is 1.58. The van der Waals surface area contributed by atoms with E-state index in [1.54, 1.807) is 23.9 Å². The van der Waals surface area contributed by atoms with Crippen molar-refractivity contribution in [3.05, 3.63) is 53.6 Å². The lowest BCUT2D eigenvalue weighted by atomic mass is 10.2. The first-order valence-corrected chi connectivity index (χ1v) is 7.95. The summed E-state index contributed by atoms with van der Waals surface area (Å²) in [5, 5.41) is 9.65. The molecule has 0 aliphatic rings. The third kappa shape index (κ3) is 3.41. The smallest absolute Gasteiger partial charge is 0.166 e. The van der Waals surface area contributed by atoms with Crippen LogP contribution in [0, 0.1) is 18.3 Å². The van der Waals surface area contributed by atoms with Gasteiger partial charge in [0.2, 0.25) is 0 Å². The lowest BCUT2D eigenvalue weighted by molar-refractivity contribution is 0.344. The van der Waals surface area contributed by atoms with Gasteiger partial charge < -0.3 is 9.72 Å². The number of ether oxygens (including phenoxy) is 1. The van der Waals surface area contributed by atoms with E-state index in [4.69, 9.17) is 10.00 Å². The Kier molecular flexibility index (Phi) is 4.31. The molecule has 1 aromatic heterocycles. The number of H-pyrrole nitrogens is 1. The second kappa shape index (κ2) is 6.54. The van der Waals surface area contributed by atoms with E-state index in [1.165, 1.54) is 5.56 Å². The Labute approximate surface area is 133 Å². The van der Waals surface area contributed by atoms with Gasteiger partial charge in [0.15, 0.2) is 5.16 Å². The van der Waals surface area contributed by atoms with Crippen LogP contribution in [0.1, 0.15) is 11.1 Å². The number of hydrogen-bond donors (Lipinski definition) is 1. The quantitative estimate of drug-likeness (QED) is 0.573. The minimum Gasteiger partial charge on any atom is -0.493 e. The Bertz CT molecular complexity index is 818. The number of nitrogens with zero attached hydrogens (tertiary/aromatic N) is 2. The standard InChI is InChI=1S/C17H15N3OS/c1-12-2-7-15-16(10-12)20-17(19-15)22-9-8-21-14-5-3-13(11-18)4-6-14/h2-7,10H,8-9H2,1H3,(H,19,20). The van der Waals surface area contributed by atoms with Crippen LogP contribution in [0.3, 0.4) is 0 Å². The van der Waals surface area contributed by atoms with Crippen molar-refractivity contribution >= 4 is 22.8 Å². The van der Waals surface area contributed by atoms with Crippen LogP contribution in [-0.2, 0) is 0 Å². The topological polar surface area (TPSA) is 61.7 Å². The minimum atomic E-state index is 0.590. The average molecular weight is 309 g/mol. The predicted octanol–water partition coefficient (Wildman–Crippen LogP) is 3.91. The molecular weight excluding hydrogens is 294 g/mol. The molecule has 0 saturated carbocycles. The van der Waals surface area contributed by atoms with Gasteiger partial charge in [0, 0.05) is 5.75 Å². The van der Waals surface area contributed by atoms with Gasteiger partial charge in [-0.1, -0.05) is 17.8 Å². The minimum absolute atomic E-state index is 0.590. The van der Waals surface area contributed by atoms with Crippen LogP contribution in [0.25, 0.3) is 11.0 Å². The Balaban J connectivity index is 1.52. The fraction of sp³-hybridized carbons (Fsp3) is 0.176. The van der Waals surface area contributed by atoms with Crippen LogP contribution in [0.2, 0.25) is 0 Å². The van der Waals surface area contributed by atoms with E-state index < -0.39 is 0 Å². The summed E-state index contributed by atoms with van der Waals surface area (Å²) in [7, 11) is 0. The summed E-state index contributed by atoms with van der Waals surface area (Å²) < 4.78 is 5.65. The van der Waals surface area contributed by atoms with Crippen molar-refractivity contribution in [1.29, 1.82) is 5.26 Å². The maximum Gasteiger partial charge on any atom is 0.166 e. The summed E-state index contributed by atoms with van der Waals surface area (Å²) in [6, 6.07) is 15.4. The molecular formula is C17H15N3OS. The van der Waals surface area contributed by atoms with Crippen molar-refractivity contribution in [2.45, 2.75) is 12.1 Å². The van der Waals surface area contributed by atoms with E-state index in [9.17, 15) is 0 Å². The Morgan fingerprint density at radius 2 is 2.05 bits per heavy atom. The van der Waals surface area contributed by atoms with Crippen molar-refractivity contribution < 1.29 is 4.74 Å². The molecule has 110 valence electrons. The highest BCUT2D eigenvalue weighted by molar-refractivity contribution is 7.99. The van der Waals surface area contributed by atoms with Gasteiger partial charge in [0.25, 0.3) is 0 Å². The molecule has 0 bridgehead atoms. The summed E-state index contributed by atoms with van der Waals surface area (Å²) in [6.07, 6.45) is 0. The first-order chi connectivity index (χ1) is 10.7. The van der Waals surface area contributed by atoms with Crippen molar-refractivity contribution in [3.8, 4) is 11.8 Å². The fourth-order valence-electron chi connectivity index (χ4n) is 2.09. The highest BCUT2D eigenvalue weighted by Crippen LogP contribution is 2.20. The molecule has 1 N–H and O–H groups in total. The molecule has 0 unspecified atom stereocenters. The normalized spacial score (nSPS) is 10.5. The van der Waals surface area contributed by atoms with Crippen molar-refractivity contribution in [1.82, 2.24) is 9.97 Å². The van der Waals surface area contributed by atoms with E-state index in [1.807, 2.05) is 18.2 Å². The molecule has 2 aromatic carbocycles. The molecule has 3 aromatic rings. The molecule has 0 radical (unpaired) electrons. The van der Waals surface area contributed by atoms with Gasteiger partial charge in [-0.15, -0.1) is 0 Å². The number of aromatic amines is 1. The number of imidazole rings is 1. The van der Waals surface area contributed by atoms with Gasteiger partial charge >= 0.3 is 0 Å². The molecule has 3 rings (SSSR count). The molecule has 1 heterocycles. The third-order valence-corrected chi connectivity index (χ3v) is 4.03. The fourth-order valence-corrected chi connectivity index (χ4v) is 2.80. The van der Waals surface area contributed by atoms with E-state index in [0.29, 0.717) is 12.2 Å². The number of aryl methyl sites for hydroxylation is 1. The third-order valence-electron chi connectivity index (χ3n) is 3.19. The second-order valence-electron chi connectivity index (χ2n) is 4.90. The van der Waals surface area contributed by atoms with Gasteiger partial charge in [-0.3, -0.25) is 0 Å². The molecule has 0 amide bonds. The van der Waals surface area contributed by atoms with E-state index in [2.05, 4.69) is 35.1 Å². The van der Waals surface area contributed by atoms with Crippen LogP contribution in [0.15, 0.2) is 47.6 Å². The molecule has 0 aliphatic carbocycles. The molecule has 4 nitrogen and oxygen atoms in total. The molecule has 0 spiro atoms. The largest absolute Gasteiger partial charge is 0.493 e. The number of thioether (sulfide) groups is 1. The zero-order valence-electron chi connectivity index (χ0n) is 12.2. The number of nitrogens with one attached hydrogen (secondary N) is 1. The zero-order valence-corrected chi connectivity index (χ0v) is 13.0. The van der Waals surface area contributed by atoms with Gasteiger partial charge in [-0.2, -0.15) is 5.26 Å². The Morgan fingerprint density at radius 1 is 1.23 bits per heavy atom. The summed E-state index contributed by atoms with van der Waals surface area (Å²) in [6.45, 7) is 2.66. The number of fused-ring (bicyclic) bond motifs is 1. The summed E-state index contributed by atoms with van der Waals surface area (Å²) in [5.41, 5.74) is 3.91. The Hall–Kier alpha value is -2.45. The SMILES string of the molecule is Cc1ccc2nc(SCCOc3ccc(C#N)cc3)[nH]c2c1. The maximum absolute atomic E-state index is 8.74. The van der Waals surface area contributed by atoms with Crippen molar-refractivity contribution in [2.24, 2.45) is 0 Å². The van der Waals surface area contributed by atoms with Crippen molar-refractivity contribution in [2.75, 3.05) is 12.4 Å². The summed E-state index contributed by atoms with van der Waals surface area (Å²) >= 11 is 1.63. The molecule has 0 atom stereocenters. The average Bonchev–Trinajstić information content (AvgIpc) is 2.94. The Morgan fingerprint density at radius 3 is 2.82 bits per heavy atom. The second-order valence-corrected chi connectivity index (χ2v) is 5.98. The predicted molar refractivity (Wildman–Crippen MR) is 88.2 cm³/mol. The maximum atomic E-state index is 8.74. The lowest BCUT2D eigenvalue weighted by Gasteiger charge is -2.04.